The number of benzene rings is 2. The Morgan fingerprint density at radius 3 is 2.25 bits per heavy atom. The van der Waals surface area contributed by atoms with Gasteiger partial charge in [0.25, 0.3) is 0 Å². The van der Waals surface area contributed by atoms with Gasteiger partial charge in [-0.2, -0.15) is 0 Å². The minimum Gasteiger partial charge on any atom is -0.423 e. The molecular formula is C17H15IO2. The Morgan fingerprint density at radius 1 is 1.10 bits per heavy atom. The topological polar surface area (TPSA) is 26.3 Å². The zero-order chi connectivity index (χ0) is 14.7. The number of aryl methyl sites for hydroxylation is 1. The lowest BCUT2D eigenvalue weighted by Gasteiger charge is -2.07. The Kier molecular flexibility index (Phi) is 4.60. The van der Waals surface area contributed by atoms with E-state index in [1.165, 1.54) is 9.13 Å². The molecule has 0 aliphatic heterocycles. The van der Waals surface area contributed by atoms with Crippen LogP contribution < -0.4 is 4.74 Å². The first kappa shape index (κ1) is 14.8. The van der Waals surface area contributed by atoms with Crippen LogP contribution in [0.4, 0.5) is 0 Å². The number of carbonyl (C=O) groups excluding carboxylic acids is 1. The zero-order valence-corrected chi connectivity index (χ0v) is 13.6. The third-order valence-corrected chi connectivity index (χ3v) is 4.11. The van der Waals surface area contributed by atoms with Gasteiger partial charge in [0.1, 0.15) is 5.75 Å². The Morgan fingerprint density at radius 2 is 1.70 bits per heavy atom. The van der Waals surface area contributed by atoms with Gasteiger partial charge in [0.2, 0.25) is 0 Å². The van der Waals surface area contributed by atoms with E-state index in [9.17, 15) is 4.79 Å². The molecule has 0 saturated heterocycles. The van der Waals surface area contributed by atoms with E-state index in [4.69, 9.17) is 4.74 Å². The van der Waals surface area contributed by atoms with Gasteiger partial charge in [0.05, 0.1) is 0 Å². The van der Waals surface area contributed by atoms with Crippen molar-refractivity contribution >= 4 is 28.6 Å². The predicted octanol–water partition coefficient (Wildman–Crippen LogP) is 4.75. The molecule has 0 aliphatic rings. The van der Waals surface area contributed by atoms with E-state index >= 15 is 0 Å². The van der Waals surface area contributed by atoms with Crippen LogP contribution in [0.25, 0.3) is 11.1 Å². The number of halogens is 1. The van der Waals surface area contributed by atoms with Crippen LogP contribution in [-0.4, -0.2) is 5.97 Å². The molecule has 2 aromatic rings. The average Bonchev–Trinajstić information content (AvgIpc) is 2.42. The van der Waals surface area contributed by atoms with Crippen molar-refractivity contribution in [3.63, 3.8) is 0 Å². The van der Waals surface area contributed by atoms with Crippen molar-refractivity contribution < 1.29 is 9.53 Å². The Hall–Kier alpha value is -1.62. The van der Waals surface area contributed by atoms with Crippen molar-refractivity contribution in [1.29, 1.82) is 0 Å². The minimum atomic E-state index is -0.400. The van der Waals surface area contributed by atoms with Crippen molar-refractivity contribution in [3.8, 4) is 16.9 Å². The SMILES string of the molecule is C=C(C)C(=O)Oc1ccc(-c2ccc(I)c(C)c2)cc1. The summed E-state index contributed by atoms with van der Waals surface area (Å²) in [6, 6.07) is 13.8. The molecule has 2 rings (SSSR count). The largest absolute Gasteiger partial charge is 0.423 e. The maximum absolute atomic E-state index is 11.4. The zero-order valence-electron chi connectivity index (χ0n) is 11.4. The van der Waals surface area contributed by atoms with Crippen molar-refractivity contribution in [2.24, 2.45) is 0 Å². The summed E-state index contributed by atoms with van der Waals surface area (Å²) in [5, 5.41) is 0. The van der Waals surface area contributed by atoms with E-state index in [0.29, 0.717) is 11.3 Å². The van der Waals surface area contributed by atoms with E-state index in [1.54, 1.807) is 19.1 Å². The average molecular weight is 378 g/mol. The molecule has 0 aliphatic carbocycles. The number of hydrogen-bond donors (Lipinski definition) is 0. The number of carbonyl (C=O) groups is 1. The standard InChI is InChI=1S/C17H15IO2/c1-11(2)17(19)20-15-7-4-13(5-8-15)14-6-9-16(18)12(3)10-14/h4-10H,1H2,2-3H3. The fourth-order valence-electron chi connectivity index (χ4n) is 1.73. The van der Waals surface area contributed by atoms with Gasteiger partial charge < -0.3 is 4.74 Å². The molecule has 0 radical (unpaired) electrons. The molecule has 0 amide bonds. The number of hydrogen-bond acceptors (Lipinski definition) is 2. The van der Waals surface area contributed by atoms with E-state index in [2.05, 4.69) is 54.3 Å². The van der Waals surface area contributed by atoms with Crippen LogP contribution in [0.2, 0.25) is 0 Å². The highest BCUT2D eigenvalue weighted by molar-refractivity contribution is 14.1. The second-order valence-corrected chi connectivity index (χ2v) is 5.82. The Labute approximate surface area is 132 Å². The van der Waals surface area contributed by atoms with Gasteiger partial charge in [-0.3, -0.25) is 0 Å². The first-order chi connectivity index (χ1) is 9.47. The van der Waals surface area contributed by atoms with Gasteiger partial charge in [0.15, 0.2) is 0 Å². The summed E-state index contributed by atoms with van der Waals surface area (Å²) in [7, 11) is 0. The van der Waals surface area contributed by atoms with Crippen molar-refractivity contribution in [3.05, 3.63) is 63.8 Å². The summed E-state index contributed by atoms with van der Waals surface area (Å²) in [5.41, 5.74) is 3.89. The summed E-state index contributed by atoms with van der Waals surface area (Å²) in [6.07, 6.45) is 0. The molecule has 2 aromatic carbocycles. The van der Waals surface area contributed by atoms with Crippen molar-refractivity contribution in [2.75, 3.05) is 0 Å². The van der Waals surface area contributed by atoms with Gasteiger partial charge >= 0.3 is 5.97 Å². The summed E-state index contributed by atoms with van der Waals surface area (Å²) in [6.45, 7) is 7.28. The van der Waals surface area contributed by atoms with Crippen LogP contribution in [0, 0.1) is 10.5 Å². The van der Waals surface area contributed by atoms with Gasteiger partial charge in [-0.05, 0) is 71.3 Å². The highest BCUT2D eigenvalue weighted by Gasteiger charge is 2.06. The van der Waals surface area contributed by atoms with Crippen molar-refractivity contribution in [1.82, 2.24) is 0 Å². The Bertz CT molecular complexity index is 657. The van der Waals surface area contributed by atoms with E-state index in [-0.39, 0.29) is 0 Å². The normalized spacial score (nSPS) is 10.2. The first-order valence-electron chi connectivity index (χ1n) is 6.21. The van der Waals surface area contributed by atoms with Crippen LogP contribution in [0.1, 0.15) is 12.5 Å². The minimum absolute atomic E-state index is 0.391. The van der Waals surface area contributed by atoms with Gasteiger partial charge in [-0.1, -0.05) is 30.8 Å². The lowest BCUT2D eigenvalue weighted by Crippen LogP contribution is -2.07. The molecule has 0 bridgehead atoms. The van der Waals surface area contributed by atoms with E-state index < -0.39 is 5.97 Å². The molecule has 0 aromatic heterocycles. The van der Waals surface area contributed by atoms with Crippen LogP contribution in [0.15, 0.2) is 54.6 Å². The summed E-state index contributed by atoms with van der Waals surface area (Å²) in [4.78, 5) is 11.4. The molecule has 0 spiro atoms. The summed E-state index contributed by atoms with van der Waals surface area (Å²) in [5.74, 6) is 0.131. The molecule has 20 heavy (non-hydrogen) atoms. The number of rotatable bonds is 3. The fourth-order valence-corrected chi connectivity index (χ4v) is 2.07. The maximum atomic E-state index is 11.4. The van der Waals surface area contributed by atoms with Crippen molar-refractivity contribution in [2.45, 2.75) is 13.8 Å². The molecule has 0 N–H and O–H groups in total. The van der Waals surface area contributed by atoms with Gasteiger partial charge in [0, 0.05) is 9.14 Å². The fraction of sp³-hybridized carbons (Fsp3) is 0.118. The predicted molar refractivity (Wildman–Crippen MR) is 89.8 cm³/mol. The molecule has 0 heterocycles. The van der Waals surface area contributed by atoms with Crippen LogP contribution in [-0.2, 0) is 4.79 Å². The molecule has 0 unspecified atom stereocenters. The summed E-state index contributed by atoms with van der Waals surface area (Å²) < 4.78 is 6.42. The molecular weight excluding hydrogens is 363 g/mol. The lowest BCUT2D eigenvalue weighted by molar-refractivity contribution is -0.130. The first-order valence-corrected chi connectivity index (χ1v) is 7.29. The third kappa shape index (κ3) is 3.48. The second kappa shape index (κ2) is 6.22. The lowest BCUT2D eigenvalue weighted by atomic mass is 10.0. The quantitative estimate of drug-likeness (QED) is 0.334. The molecule has 0 fully saturated rings. The molecule has 0 atom stereocenters. The highest BCUT2D eigenvalue weighted by Crippen LogP contribution is 2.25. The third-order valence-electron chi connectivity index (χ3n) is 2.90. The van der Waals surface area contributed by atoms with Crippen LogP contribution >= 0.6 is 22.6 Å². The summed E-state index contributed by atoms with van der Waals surface area (Å²) >= 11 is 2.32. The number of esters is 1. The van der Waals surface area contributed by atoms with Crippen LogP contribution in [0.5, 0.6) is 5.75 Å². The maximum Gasteiger partial charge on any atom is 0.338 e. The van der Waals surface area contributed by atoms with Gasteiger partial charge in [-0.25, -0.2) is 4.79 Å². The van der Waals surface area contributed by atoms with E-state index in [1.807, 2.05) is 12.1 Å². The molecule has 3 heteroatoms. The molecule has 102 valence electrons. The molecule has 0 saturated carbocycles. The second-order valence-electron chi connectivity index (χ2n) is 4.66. The highest BCUT2D eigenvalue weighted by atomic mass is 127. The van der Waals surface area contributed by atoms with Crippen LogP contribution in [0.3, 0.4) is 0 Å². The Balaban J connectivity index is 2.21. The smallest absolute Gasteiger partial charge is 0.338 e. The van der Waals surface area contributed by atoms with E-state index in [0.717, 1.165) is 11.1 Å². The van der Waals surface area contributed by atoms with Gasteiger partial charge in [-0.15, -0.1) is 0 Å². The number of ether oxygens (including phenoxy) is 1. The monoisotopic (exact) mass is 378 g/mol. The molecule has 2 nitrogen and oxygen atoms in total.